The Kier molecular flexibility index (Phi) is 5.28. The van der Waals surface area contributed by atoms with Crippen LogP contribution >= 0.6 is 27.3 Å². The third-order valence-corrected chi connectivity index (χ3v) is 4.54. The summed E-state index contributed by atoms with van der Waals surface area (Å²) >= 11 is 5.01. The molecule has 0 fully saturated rings. The molecule has 0 aliphatic heterocycles. The fraction of sp³-hybridized carbons (Fsp3) is 0.286. The van der Waals surface area contributed by atoms with Gasteiger partial charge in [-0.25, -0.2) is 4.98 Å². The molecule has 20 heavy (non-hydrogen) atoms. The molecule has 1 amide bonds. The summed E-state index contributed by atoms with van der Waals surface area (Å²) in [5, 5.41) is 6.22. The van der Waals surface area contributed by atoms with Crippen molar-refractivity contribution in [2.75, 3.05) is 18.9 Å². The van der Waals surface area contributed by atoms with E-state index in [-0.39, 0.29) is 5.91 Å². The number of carbonyl (C=O) groups is 1. The summed E-state index contributed by atoms with van der Waals surface area (Å²) in [5.74, 6) is -0.0760. The topological polar surface area (TPSA) is 54.0 Å². The van der Waals surface area contributed by atoms with Crippen molar-refractivity contribution in [1.82, 2.24) is 10.3 Å². The number of aryl methyl sites for hydroxylation is 1. The van der Waals surface area contributed by atoms with E-state index in [1.807, 2.05) is 6.20 Å². The van der Waals surface area contributed by atoms with Gasteiger partial charge in [0.05, 0.1) is 6.54 Å². The van der Waals surface area contributed by atoms with Gasteiger partial charge in [0.15, 0.2) is 5.13 Å². The molecule has 1 aromatic heterocycles. The van der Waals surface area contributed by atoms with Crippen molar-refractivity contribution < 1.29 is 4.79 Å². The highest BCUT2D eigenvalue weighted by Gasteiger charge is 2.07. The van der Waals surface area contributed by atoms with Gasteiger partial charge in [-0.15, -0.1) is 11.3 Å². The average Bonchev–Trinajstić information content (AvgIpc) is 2.81. The fourth-order valence-corrected chi connectivity index (χ4v) is 2.90. The number of rotatable bonds is 5. The Labute approximate surface area is 130 Å². The van der Waals surface area contributed by atoms with Crippen LogP contribution in [-0.2, 0) is 11.2 Å². The van der Waals surface area contributed by atoms with Crippen molar-refractivity contribution >= 4 is 38.3 Å². The SMILES string of the molecule is CNCC(=O)Nc1ncc(Cc2ccc(Br)c(C)c2)s1. The van der Waals surface area contributed by atoms with Crippen LogP contribution in [0.5, 0.6) is 0 Å². The molecular weight excluding hydrogens is 338 g/mol. The van der Waals surface area contributed by atoms with Gasteiger partial charge in [0, 0.05) is 22.0 Å². The van der Waals surface area contributed by atoms with Crippen molar-refractivity contribution in [2.45, 2.75) is 13.3 Å². The first-order valence-corrected chi connectivity index (χ1v) is 7.83. The van der Waals surface area contributed by atoms with E-state index in [2.05, 4.69) is 56.7 Å². The number of thiazole rings is 1. The molecule has 4 nitrogen and oxygen atoms in total. The van der Waals surface area contributed by atoms with Gasteiger partial charge < -0.3 is 10.6 Å². The Morgan fingerprint density at radius 2 is 2.25 bits per heavy atom. The van der Waals surface area contributed by atoms with Crippen LogP contribution in [0, 0.1) is 6.92 Å². The number of likely N-dealkylation sites (N-methyl/N-ethyl adjacent to an activating group) is 1. The van der Waals surface area contributed by atoms with Gasteiger partial charge in [-0.05, 0) is 31.2 Å². The van der Waals surface area contributed by atoms with Gasteiger partial charge in [0.1, 0.15) is 0 Å². The molecule has 0 saturated carbocycles. The minimum atomic E-state index is -0.0760. The van der Waals surface area contributed by atoms with Gasteiger partial charge in [-0.3, -0.25) is 4.79 Å². The van der Waals surface area contributed by atoms with Crippen molar-refractivity contribution in [2.24, 2.45) is 0 Å². The van der Waals surface area contributed by atoms with Crippen LogP contribution in [0.25, 0.3) is 0 Å². The molecule has 0 radical (unpaired) electrons. The summed E-state index contributed by atoms with van der Waals surface area (Å²) < 4.78 is 1.12. The zero-order chi connectivity index (χ0) is 14.5. The van der Waals surface area contributed by atoms with E-state index in [0.29, 0.717) is 11.7 Å². The number of aromatic nitrogens is 1. The summed E-state index contributed by atoms with van der Waals surface area (Å²) in [5.41, 5.74) is 2.46. The Morgan fingerprint density at radius 1 is 1.45 bits per heavy atom. The van der Waals surface area contributed by atoms with Crippen molar-refractivity contribution in [3.05, 3.63) is 44.9 Å². The minimum absolute atomic E-state index is 0.0760. The van der Waals surface area contributed by atoms with E-state index in [1.54, 1.807) is 7.05 Å². The number of nitrogens with one attached hydrogen (secondary N) is 2. The number of halogens is 1. The van der Waals surface area contributed by atoms with Crippen LogP contribution in [-0.4, -0.2) is 24.5 Å². The maximum absolute atomic E-state index is 11.5. The maximum Gasteiger partial charge on any atom is 0.240 e. The van der Waals surface area contributed by atoms with Crippen LogP contribution in [0.2, 0.25) is 0 Å². The predicted molar refractivity (Wildman–Crippen MR) is 86.4 cm³/mol. The molecule has 0 aliphatic carbocycles. The van der Waals surface area contributed by atoms with Gasteiger partial charge >= 0.3 is 0 Å². The van der Waals surface area contributed by atoms with Gasteiger partial charge in [0.2, 0.25) is 5.91 Å². The highest BCUT2D eigenvalue weighted by atomic mass is 79.9. The smallest absolute Gasteiger partial charge is 0.240 e. The molecule has 1 aromatic carbocycles. The molecule has 2 aromatic rings. The van der Waals surface area contributed by atoms with E-state index >= 15 is 0 Å². The third kappa shape index (κ3) is 4.13. The standard InChI is InChI=1S/C14H16BrN3OS/c1-9-5-10(3-4-12(9)15)6-11-7-17-14(20-11)18-13(19)8-16-2/h3-5,7,16H,6,8H2,1-2H3,(H,17,18,19). The number of nitrogens with zero attached hydrogens (tertiary/aromatic N) is 1. The Bertz CT molecular complexity index is 612. The van der Waals surface area contributed by atoms with E-state index in [1.165, 1.54) is 22.5 Å². The largest absolute Gasteiger partial charge is 0.311 e. The number of benzene rings is 1. The third-order valence-electron chi connectivity index (χ3n) is 2.74. The first kappa shape index (κ1) is 15.2. The van der Waals surface area contributed by atoms with Gasteiger partial charge in [-0.2, -0.15) is 0 Å². The summed E-state index contributed by atoms with van der Waals surface area (Å²) in [7, 11) is 1.74. The van der Waals surface area contributed by atoms with Crippen molar-refractivity contribution in [3.63, 3.8) is 0 Å². The van der Waals surface area contributed by atoms with E-state index < -0.39 is 0 Å². The molecule has 1 heterocycles. The second-order valence-electron chi connectivity index (χ2n) is 4.47. The number of anilines is 1. The summed E-state index contributed by atoms with van der Waals surface area (Å²) in [6.45, 7) is 2.37. The zero-order valence-electron chi connectivity index (χ0n) is 11.4. The van der Waals surface area contributed by atoms with Crippen LogP contribution in [0.1, 0.15) is 16.0 Å². The second kappa shape index (κ2) is 6.97. The number of carbonyl (C=O) groups excluding carboxylic acids is 1. The number of hydrogen-bond donors (Lipinski definition) is 2. The minimum Gasteiger partial charge on any atom is -0.311 e. The lowest BCUT2D eigenvalue weighted by Gasteiger charge is -2.02. The quantitative estimate of drug-likeness (QED) is 0.868. The first-order valence-electron chi connectivity index (χ1n) is 6.22. The average molecular weight is 354 g/mol. The lowest BCUT2D eigenvalue weighted by molar-refractivity contribution is -0.115. The molecular formula is C14H16BrN3OS. The molecule has 6 heteroatoms. The second-order valence-corrected chi connectivity index (χ2v) is 6.44. The highest BCUT2D eigenvalue weighted by Crippen LogP contribution is 2.23. The molecule has 0 bridgehead atoms. The maximum atomic E-state index is 11.5. The van der Waals surface area contributed by atoms with E-state index in [0.717, 1.165) is 15.8 Å². The Balaban J connectivity index is 2.02. The summed E-state index contributed by atoms with van der Waals surface area (Å²) in [6.07, 6.45) is 2.64. The monoisotopic (exact) mass is 353 g/mol. The first-order chi connectivity index (χ1) is 9.58. The predicted octanol–water partition coefficient (Wildman–Crippen LogP) is 2.96. The van der Waals surface area contributed by atoms with Crippen LogP contribution in [0.4, 0.5) is 5.13 Å². The number of hydrogen-bond acceptors (Lipinski definition) is 4. The molecule has 0 unspecified atom stereocenters. The van der Waals surface area contributed by atoms with E-state index in [9.17, 15) is 4.79 Å². The highest BCUT2D eigenvalue weighted by molar-refractivity contribution is 9.10. The molecule has 0 spiro atoms. The molecule has 2 rings (SSSR count). The Morgan fingerprint density at radius 3 is 2.95 bits per heavy atom. The van der Waals surface area contributed by atoms with Crippen molar-refractivity contribution in [3.8, 4) is 0 Å². The van der Waals surface area contributed by atoms with Gasteiger partial charge in [-0.1, -0.05) is 28.1 Å². The normalized spacial score (nSPS) is 10.6. The van der Waals surface area contributed by atoms with Crippen molar-refractivity contribution in [1.29, 1.82) is 0 Å². The van der Waals surface area contributed by atoms with E-state index in [4.69, 9.17) is 0 Å². The fourth-order valence-electron chi connectivity index (χ4n) is 1.79. The Hall–Kier alpha value is -1.24. The summed E-state index contributed by atoms with van der Waals surface area (Å²) in [6, 6.07) is 6.31. The molecule has 2 N–H and O–H groups in total. The summed E-state index contributed by atoms with van der Waals surface area (Å²) in [4.78, 5) is 16.8. The number of amides is 1. The lowest BCUT2D eigenvalue weighted by atomic mass is 10.1. The van der Waals surface area contributed by atoms with Crippen LogP contribution < -0.4 is 10.6 Å². The zero-order valence-corrected chi connectivity index (χ0v) is 13.8. The van der Waals surface area contributed by atoms with Gasteiger partial charge in [0.25, 0.3) is 0 Å². The molecule has 0 aliphatic rings. The molecule has 0 atom stereocenters. The lowest BCUT2D eigenvalue weighted by Crippen LogP contribution is -2.24. The molecule has 0 saturated heterocycles. The van der Waals surface area contributed by atoms with Crippen LogP contribution in [0.3, 0.4) is 0 Å². The van der Waals surface area contributed by atoms with Crippen LogP contribution in [0.15, 0.2) is 28.9 Å². The molecule has 106 valence electrons.